The molecule has 0 amide bonds. The Balaban J connectivity index is 0.00000856. The van der Waals surface area contributed by atoms with E-state index < -0.39 is 10.8 Å². The summed E-state index contributed by atoms with van der Waals surface area (Å²) in [5.74, 6) is 0.288. The van der Waals surface area contributed by atoms with Crippen molar-refractivity contribution in [2.75, 3.05) is 46.1 Å². The summed E-state index contributed by atoms with van der Waals surface area (Å²) in [6.07, 6.45) is 24.0. The van der Waals surface area contributed by atoms with Crippen molar-refractivity contribution in [3.8, 4) is 0 Å². The molecule has 0 saturated heterocycles. The van der Waals surface area contributed by atoms with Crippen LogP contribution in [-0.2, 0) is 28.6 Å². The Morgan fingerprint density at radius 2 is 0.898 bits per heavy atom. The maximum atomic E-state index is 13.7. The zero-order chi connectivity index (χ0) is 44.2. The monoisotopic (exact) mass is 836 g/mol. The highest BCUT2D eigenvalue weighted by Crippen LogP contribution is 2.65. The lowest BCUT2D eigenvalue weighted by Crippen LogP contribution is -2.58. The molecule has 0 heterocycles. The number of aliphatic hydroxyl groups is 1. The van der Waals surface area contributed by atoms with E-state index in [1.54, 1.807) is 0 Å². The summed E-state index contributed by atoms with van der Waals surface area (Å²) in [6, 6.07) is 0. The Labute approximate surface area is 364 Å². The van der Waals surface area contributed by atoms with Crippen molar-refractivity contribution < 1.29 is 33.7 Å². The van der Waals surface area contributed by atoms with Gasteiger partial charge < -0.3 is 24.2 Å². The zero-order valence-corrected chi connectivity index (χ0v) is 40.6. The number of hydrogen-bond donors (Lipinski definition) is 1. The van der Waals surface area contributed by atoms with E-state index in [-0.39, 0.29) is 48.6 Å². The van der Waals surface area contributed by atoms with E-state index in [0.29, 0.717) is 50.5 Å². The van der Waals surface area contributed by atoms with E-state index in [1.165, 1.54) is 38.5 Å². The Kier molecular flexibility index (Phi) is 28.5. The fraction of sp³-hybridized carbons (Fsp3) is 0.941. The third-order valence-electron chi connectivity index (χ3n) is 13.5. The van der Waals surface area contributed by atoms with Gasteiger partial charge in [-0.1, -0.05) is 146 Å². The highest BCUT2D eigenvalue weighted by Gasteiger charge is 2.61. The number of esters is 3. The van der Waals surface area contributed by atoms with E-state index in [2.05, 4.69) is 60.3 Å². The minimum Gasteiger partial charge on any atom is -0.465 e. The van der Waals surface area contributed by atoms with Gasteiger partial charge in [-0.15, -0.1) is 0 Å². The Morgan fingerprint density at radius 3 is 1.27 bits per heavy atom. The molecule has 8 nitrogen and oxygen atoms in total. The molecule has 2 saturated carbocycles. The number of rotatable bonds is 33. The van der Waals surface area contributed by atoms with Gasteiger partial charge in [0.15, 0.2) is 0 Å². The molecule has 59 heavy (non-hydrogen) atoms. The normalized spacial score (nSPS) is 23.9. The quantitative estimate of drug-likeness (QED) is 0.0396. The maximum absolute atomic E-state index is 13.7. The van der Waals surface area contributed by atoms with Crippen LogP contribution < -0.4 is 0 Å². The first-order chi connectivity index (χ1) is 28.3. The number of carbonyl (C=O) groups is 3. The van der Waals surface area contributed by atoms with Crippen LogP contribution in [0.5, 0.6) is 0 Å². The molecular weight excluding hydrogens is 739 g/mol. The van der Waals surface area contributed by atoms with Crippen molar-refractivity contribution in [1.29, 1.82) is 0 Å². The third-order valence-corrected chi connectivity index (χ3v) is 13.5. The van der Waals surface area contributed by atoms with Crippen LogP contribution in [-0.4, -0.2) is 74.0 Å². The van der Waals surface area contributed by atoms with Crippen LogP contribution in [0.25, 0.3) is 0 Å². The molecule has 0 aromatic carbocycles. The van der Waals surface area contributed by atoms with Crippen molar-refractivity contribution in [1.82, 2.24) is 4.90 Å². The van der Waals surface area contributed by atoms with Crippen molar-refractivity contribution >= 4 is 17.9 Å². The summed E-state index contributed by atoms with van der Waals surface area (Å²) in [4.78, 5) is 42.5. The molecular formula is C51H97NO7. The Bertz CT molecular complexity index is 1100. The molecule has 0 aromatic heterocycles. The van der Waals surface area contributed by atoms with Crippen LogP contribution in [0, 0.1) is 33.5 Å². The maximum Gasteiger partial charge on any atom is 0.306 e. The van der Waals surface area contributed by atoms with Crippen LogP contribution in [0.4, 0.5) is 0 Å². The molecule has 4 unspecified atom stereocenters. The average Bonchev–Trinajstić information content (AvgIpc) is 3.20. The van der Waals surface area contributed by atoms with E-state index in [9.17, 15) is 19.5 Å². The van der Waals surface area contributed by atoms with Crippen molar-refractivity contribution in [2.24, 2.45) is 33.5 Å². The number of nitrogens with zero attached hydrogens (tertiary/aromatic N) is 1. The van der Waals surface area contributed by atoms with E-state index in [1.807, 2.05) is 13.8 Å². The first-order valence-electron chi connectivity index (χ1n) is 25.1. The fourth-order valence-electron chi connectivity index (χ4n) is 11.3. The van der Waals surface area contributed by atoms with Gasteiger partial charge >= 0.3 is 17.9 Å². The van der Waals surface area contributed by atoms with E-state index in [4.69, 9.17) is 14.2 Å². The zero-order valence-electron chi connectivity index (χ0n) is 40.6. The number of unbranched alkanes of at least 4 members (excludes halogenated alkanes) is 8. The van der Waals surface area contributed by atoms with Crippen LogP contribution in [0.3, 0.4) is 0 Å². The largest absolute Gasteiger partial charge is 0.465 e. The summed E-state index contributed by atoms with van der Waals surface area (Å²) < 4.78 is 18.6. The van der Waals surface area contributed by atoms with Gasteiger partial charge in [-0.2, -0.15) is 0 Å². The summed E-state index contributed by atoms with van der Waals surface area (Å²) >= 11 is 0. The minimum atomic E-state index is -0.459. The van der Waals surface area contributed by atoms with Crippen LogP contribution >= 0.6 is 0 Å². The molecule has 1 N–H and O–H groups in total. The smallest absolute Gasteiger partial charge is 0.306 e. The van der Waals surface area contributed by atoms with Crippen LogP contribution in [0.1, 0.15) is 230 Å². The molecule has 8 heteroatoms. The van der Waals surface area contributed by atoms with Crippen molar-refractivity contribution in [3.63, 3.8) is 0 Å². The van der Waals surface area contributed by atoms with Crippen LogP contribution in [0.15, 0.2) is 0 Å². The second-order valence-corrected chi connectivity index (χ2v) is 19.9. The molecule has 0 spiro atoms. The third kappa shape index (κ3) is 21.8. The predicted octanol–water partition coefficient (Wildman–Crippen LogP) is 13.1. The number of ether oxygens (including phenoxy) is 3. The molecule has 2 fully saturated rings. The van der Waals surface area contributed by atoms with Crippen molar-refractivity contribution in [2.45, 2.75) is 230 Å². The molecule has 4 atom stereocenters. The molecule has 0 aromatic rings. The molecule has 0 aliphatic heterocycles. The molecule has 2 rings (SSSR count). The van der Waals surface area contributed by atoms with E-state index in [0.717, 1.165) is 110 Å². The number of fused-ring (bicyclic) bond motifs is 2. The Hall–Kier alpha value is -1.67. The first kappa shape index (κ1) is 55.3. The summed E-state index contributed by atoms with van der Waals surface area (Å²) in [6.45, 7) is 25.2. The molecule has 348 valence electrons. The van der Waals surface area contributed by atoms with Crippen LogP contribution in [0.2, 0.25) is 0 Å². The topological polar surface area (TPSA) is 102 Å². The molecule has 2 aliphatic carbocycles. The number of hydrogen-bond acceptors (Lipinski definition) is 8. The SMILES string of the molecule is CC.CCCCCC(CCCCC)CC(=O)OCC1(C)CC2(CO)CC(C)(COC(=O)CCCN(CC)CC)CC(COC(=O)CC(CCCCC)CCCCC)(C1)C2. The molecule has 2 bridgehead atoms. The average molecular weight is 836 g/mol. The second kappa shape index (κ2) is 30.4. The lowest BCUT2D eigenvalue weighted by molar-refractivity contribution is -0.191. The van der Waals surface area contributed by atoms with Gasteiger partial charge in [-0.3, -0.25) is 14.4 Å². The summed E-state index contributed by atoms with van der Waals surface area (Å²) in [5, 5.41) is 11.2. The number of aliphatic hydroxyl groups excluding tert-OH is 1. The number of carbonyl (C=O) groups excluding carboxylic acids is 3. The van der Waals surface area contributed by atoms with Gasteiger partial charge in [-0.25, -0.2) is 0 Å². The van der Waals surface area contributed by atoms with Gasteiger partial charge in [0, 0.05) is 42.1 Å². The van der Waals surface area contributed by atoms with Gasteiger partial charge in [0.25, 0.3) is 0 Å². The predicted molar refractivity (Wildman–Crippen MR) is 245 cm³/mol. The minimum absolute atomic E-state index is 0.00645. The molecule has 2 aliphatic rings. The van der Waals surface area contributed by atoms with E-state index >= 15 is 0 Å². The van der Waals surface area contributed by atoms with Gasteiger partial charge in [-0.05, 0) is 101 Å². The lowest BCUT2D eigenvalue weighted by Gasteiger charge is -2.62. The molecule has 0 radical (unpaired) electrons. The lowest BCUT2D eigenvalue weighted by atomic mass is 9.44. The standard InChI is InChI=1S/C49H91NO7.C2H6/c1-9-15-19-24-41(25-20-16-10-2)30-44(53)56-39-47(8)33-48(37-51)32-46(7,38-55-43(52)28-23-29-50(13-5)14-6)34-49(35-47,36-48)40-57-45(54)31-42(26-21-17-11-3)27-22-18-12-4;1-2/h41-42,51H,9-40H2,1-8H3;1-2H3. The fourth-order valence-corrected chi connectivity index (χ4v) is 11.3. The van der Waals surface area contributed by atoms with Crippen molar-refractivity contribution in [3.05, 3.63) is 0 Å². The van der Waals surface area contributed by atoms with Gasteiger partial charge in [0.05, 0.1) is 19.8 Å². The first-order valence-corrected chi connectivity index (χ1v) is 25.1. The highest BCUT2D eigenvalue weighted by molar-refractivity contribution is 5.70. The van der Waals surface area contributed by atoms with Gasteiger partial charge in [0.1, 0.15) is 0 Å². The Morgan fingerprint density at radius 1 is 0.525 bits per heavy atom. The summed E-state index contributed by atoms with van der Waals surface area (Å²) in [7, 11) is 0. The van der Waals surface area contributed by atoms with Gasteiger partial charge in [0.2, 0.25) is 0 Å². The second-order valence-electron chi connectivity index (χ2n) is 19.9. The highest BCUT2D eigenvalue weighted by atomic mass is 16.5. The summed E-state index contributed by atoms with van der Waals surface area (Å²) in [5.41, 5.74) is -1.65.